The summed E-state index contributed by atoms with van der Waals surface area (Å²) in [4.78, 5) is 14.2. The van der Waals surface area contributed by atoms with Crippen LogP contribution in [0.1, 0.15) is 31.4 Å². The first kappa shape index (κ1) is 17.7. The number of nitrogens with one attached hydrogen (secondary N) is 2. The largest absolute Gasteiger partial charge is 0.387 e. The van der Waals surface area contributed by atoms with Gasteiger partial charge in [-0.25, -0.2) is 9.18 Å². The lowest BCUT2D eigenvalue weighted by Gasteiger charge is -2.16. The Morgan fingerprint density at radius 1 is 1.39 bits per heavy atom. The third-order valence-corrected chi connectivity index (χ3v) is 4.17. The summed E-state index contributed by atoms with van der Waals surface area (Å²) in [5.74, 6) is 0.148. The zero-order valence-corrected chi connectivity index (χ0v) is 13.6. The Bertz CT molecular complexity index is 495. The maximum atomic E-state index is 12.8. The average Bonchev–Trinajstić information content (AvgIpc) is 2.99. The molecule has 1 saturated heterocycles. The van der Waals surface area contributed by atoms with Crippen LogP contribution in [0.5, 0.6) is 0 Å². The highest BCUT2D eigenvalue weighted by Crippen LogP contribution is 2.15. The van der Waals surface area contributed by atoms with Crippen molar-refractivity contribution >= 4 is 6.03 Å². The smallest absolute Gasteiger partial charge is 0.314 e. The third-order valence-electron chi connectivity index (χ3n) is 4.17. The first-order valence-corrected chi connectivity index (χ1v) is 8.26. The number of carbonyl (C=O) groups excluding carboxylic acids is 1. The maximum Gasteiger partial charge on any atom is 0.314 e. The van der Waals surface area contributed by atoms with E-state index in [2.05, 4.69) is 22.5 Å². The van der Waals surface area contributed by atoms with E-state index in [1.54, 1.807) is 0 Å². The molecule has 23 heavy (non-hydrogen) atoms. The highest BCUT2D eigenvalue weighted by atomic mass is 19.1. The van der Waals surface area contributed by atoms with E-state index in [0.29, 0.717) is 18.0 Å². The number of aliphatic hydroxyl groups excluding tert-OH is 1. The van der Waals surface area contributed by atoms with Crippen molar-refractivity contribution in [2.75, 3.05) is 32.7 Å². The Morgan fingerprint density at radius 2 is 2.13 bits per heavy atom. The predicted molar refractivity (Wildman–Crippen MR) is 87.6 cm³/mol. The Hall–Kier alpha value is -1.66. The van der Waals surface area contributed by atoms with Gasteiger partial charge < -0.3 is 20.6 Å². The molecule has 1 aromatic rings. The monoisotopic (exact) mass is 323 g/mol. The van der Waals surface area contributed by atoms with Gasteiger partial charge in [-0.05, 0) is 49.5 Å². The van der Waals surface area contributed by atoms with Crippen molar-refractivity contribution < 1.29 is 14.3 Å². The highest BCUT2D eigenvalue weighted by Gasteiger charge is 2.22. The molecular weight excluding hydrogens is 297 g/mol. The van der Waals surface area contributed by atoms with Crippen molar-refractivity contribution in [3.8, 4) is 0 Å². The summed E-state index contributed by atoms with van der Waals surface area (Å²) < 4.78 is 12.8. The lowest BCUT2D eigenvalue weighted by molar-refractivity contribution is 0.173. The highest BCUT2D eigenvalue weighted by molar-refractivity contribution is 5.73. The molecule has 0 radical (unpaired) electrons. The van der Waals surface area contributed by atoms with Gasteiger partial charge in [0.15, 0.2) is 0 Å². The van der Waals surface area contributed by atoms with Gasteiger partial charge in [0.05, 0.1) is 6.10 Å². The van der Waals surface area contributed by atoms with Gasteiger partial charge in [0.2, 0.25) is 0 Å². The molecule has 0 aliphatic carbocycles. The van der Waals surface area contributed by atoms with Gasteiger partial charge in [-0.1, -0.05) is 19.1 Å². The van der Waals surface area contributed by atoms with Crippen LogP contribution in [-0.4, -0.2) is 48.8 Å². The van der Waals surface area contributed by atoms with E-state index in [1.807, 2.05) is 0 Å². The van der Waals surface area contributed by atoms with Crippen molar-refractivity contribution in [1.29, 1.82) is 0 Å². The van der Waals surface area contributed by atoms with Crippen LogP contribution in [-0.2, 0) is 0 Å². The molecule has 0 spiro atoms. The number of likely N-dealkylation sites (tertiary alicyclic amines) is 1. The minimum absolute atomic E-state index is 0.101. The van der Waals surface area contributed by atoms with Crippen LogP contribution < -0.4 is 10.6 Å². The van der Waals surface area contributed by atoms with Crippen molar-refractivity contribution in [1.82, 2.24) is 15.5 Å². The van der Waals surface area contributed by atoms with Gasteiger partial charge in [0, 0.05) is 19.6 Å². The first-order valence-electron chi connectivity index (χ1n) is 8.26. The molecule has 0 aromatic heterocycles. The number of nitrogens with zero attached hydrogens (tertiary/aromatic N) is 1. The summed E-state index contributed by atoms with van der Waals surface area (Å²) in [6.07, 6.45) is 1.42. The standard InChI is InChI=1S/C17H26FN3O2/c1-2-8-21-9-7-13(12-21)10-19-17(23)20-11-16(22)14-3-5-15(18)6-4-14/h3-6,13,16,22H,2,7-12H2,1H3,(H2,19,20,23). The van der Waals surface area contributed by atoms with Crippen molar-refractivity contribution in [3.05, 3.63) is 35.6 Å². The first-order chi connectivity index (χ1) is 11.1. The van der Waals surface area contributed by atoms with Crippen LogP contribution in [0.25, 0.3) is 0 Å². The number of urea groups is 1. The van der Waals surface area contributed by atoms with Gasteiger partial charge in [0.1, 0.15) is 5.82 Å². The molecule has 1 aliphatic rings. The molecule has 2 unspecified atom stereocenters. The van der Waals surface area contributed by atoms with Crippen LogP contribution in [0.3, 0.4) is 0 Å². The Labute approximate surface area is 136 Å². The lowest BCUT2D eigenvalue weighted by Crippen LogP contribution is -2.40. The molecule has 3 N–H and O–H groups in total. The molecule has 1 aliphatic heterocycles. The molecule has 1 fully saturated rings. The summed E-state index contributed by atoms with van der Waals surface area (Å²) in [7, 11) is 0. The van der Waals surface area contributed by atoms with E-state index >= 15 is 0 Å². The van der Waals surface area contributed by atoms with Crippen molar-refractivity contribution in [2.45, 2.75) is 25.9 Å². The zero-order chi connectivity index (χ0) is 16.7. The Balaban J connectivity index is 1.64. The molecule has 128 valence electrons. The minimum Gasteiger partial charge on any atom is -0.387 e. The van der Waals surface area contributed by atoms with Gasteiger partial charge in [-0.3, -0.25) is 0 Å². The fourth-order valence-electron chi connectivity index (χ4n) is 2.89. The quantitative estimate of drug-likeness (QED) is 0.718. The lowest BCUT2D eigenvalue weighted by atomic mass is 10.1. The maximum absolute atomic E-state index is 12.8. The molecule has 0 bridgehead atoms. The summed E-state index contributed by atoms with van der Waals surface area (Å²) in [5.41, 5.74) is 0.581. The fourth-order valence-corrected chi connectivity index (χ4v) is 2.89. The van der Waals surface area contributed by atoms with Crippen LogP contribution in [0, 0.1) is 11.7 Å². The molecule has 5 nitrogen and oxygen atoms in total. The van der Waals surface area contributed by atoms with Crippen LogP contribution in [0.2, 0.25) is 0 Å². The topological polar surface area (TPSA) is 64.6 Å². The second-order valence-electron chi connectivity index (χ2n) is 6.11. The van der Waals surface area contributed by atoms with E-state index in [1.165, 1.54) is 24.3 Å². The van der Waals surface area contributed by atoms with Crippen LogP contribution >= 0.6 is 0 Å². The average molecular weight is 323 g/mol. The summed E-state index contributed by atoms with van der Waals surface area (Å²) >= 11 is 0. The molecule has 1 heterocycles. The third kappa shape index (κ3) is 5.80. The molecule has 2 amide bonds. The Morgan fingerprint density at radius 3 is 2.83 bits per heavy atom. The zero-order valence-electron chi connectivity index (χ0n) is 13.6. The molecule has 2 rings (SSSR count). The number of halogens is 1. The molecule has 0 saturated carbocycles. The van der Waals surface area contributed by atoms with Gasteiger partial charge in [-0.2, -0.15) is 0 Å². The predicted octanol–water partition coefficient (Wildman–Crippen LogP) is 1.89. The number of aliphatic hydroxyl groups is 1. The molecule has 6 heteroatoms. The van der Waals surface area contributed by atoms with Crippen LogP contribution in [0.4, 0.5) is 9.18 Å². The number of benzene rings is 1. The van der Waals surface area contributed by atoms with E-state index in [9.17, 15) is 14.3 Å². The number of hydrogen-bond acceptors (Lipinski definition) is 3. The number of amides is 2. The molecular formula is C17H26FN3O2. The molecule has 2 atom stereocenters. The van der Waals surface area contributed by atoms with Crippen molar-refractivity contribution in [2.24, 2.45) is 5.92 Å². The van der Waals surface area contributed by atoms with Gasteiger partial charge in [0.25, 0.3) is 0 Å². The van der Waals surface area contributed by atoms with Crippen LogP contribution in [0.15, 0.2) is 24.3 Å². The van der Waals surface area contributed by atoms with E-state index in [4.69, 9.17) is 0 Å². The Kier molecular flexibility index (Phi) is 6.80. The van der Waals surface area contributed by atoms with Gasteiger partial charge >= 0.3 is 6.03 Å². The van der Waals surface area contributed by atoms with E-state index in [0.717, 1.165) is 32.5 Å². The minimum atomic E-state index is -0.840. The normalized spacial score (nSPS) is 19.5. The summed E-state index contributed by atoms with van der Waals surface area (Å²) in [5, 5.41) is 15.5. The molecule has 1 aromatic carbocycles. The number of hydrogen-bond donors (Lipinski definition) is 3. The second kappa shape index (κ2) is 8.84. The number of carbonyl (C=O) groups is 1. The van der Waals surface area contributed by atoms with Gasteiger partial charge in [-0.15, -0.1) is 0 Å². The van der Waals surface area contributed by atoms with E-state index in [-0.39, 0.29) is 18.4 Å². The SMILES string of the molecule is CCCN1CCC(CNC(=O)NCC(O)c2ccc(F)cc2)C1. The number of rotatable bonds is 7. The second-order valence-corrected chi connectivity index (χ2v) is 6.11. The fraction of sp³-hybridized carbons (Fsp3) is 0.588. The van der Waals surface area contributed by atoms with Crippen molar-refractivity contribution in [3.63, 3.8) is 0 Å². The summed E-state index contributed by atoms with van der Waals surface area (Å²) in [6, 6.07) is 5.34. The summed E-state index contributed by atoms with van der Waals surface area (Å²) in [6.45, 7) is 6.18. The van der Waals surface area contributed by atoms with E-state index < -0.39 is 6.10 Å².